The van der Waals surface area contributed by atoms with Crippen molar-refractivity contribution in [2.45, 2.75) is 25.1 Å². The van der Waals surface area contributed by atoms with E-state index in [2.05, 4.69) is 41.4 Å². The SMILES string of the molecule is CC(C)(C)C#N.ClC(Cl)Cl.[C-]#N.[Pt+2].[c-]1cccc2ccc3cccnc3c12. The number of halogens is 3. The first-order valence-electron chi connectivity index (χ1n) is 7.44. The maximum atomic E-state index is 8.15. The number of rotatable bonds is 0. The van der Waals surface area contributed by atoms with Gasteiger partial charge in [0.2, 0.25) is 0 Å². The van der Waals surface area contributed by atoms with E-state index in [4.69, 9.17) is 51.9 Å². The monoisotopic (exact) mass is 600 g/mol. The smallest absolute Gasteiger partial charge is 0.512 e. The molecule has 0 aliphatic rings. The van der Waals surface area contributed by atoms with Crippen LogP contribution < -0.4 is 0 Å². The molecule has 3 nitrogen and oxygen atoms in total. The average Bonchev–Trinajstić information content (AvgIpc) is 2.63. The van der Waals surface area contributed by atoms with Crippen LogP contribution >= 0.6 is 34.8 Å². The number of fused-ring (bicyclic) bond motifs is 3. The molecule has 1 aromatic heterocycles. The Morgan fingerprint density at radius 2 is 1.52 bits per heavy atom. The van der Waals surface area contributed by atoms with Crippen LogP contribution in [0.3, 0.4) is 0 Å². The molecule has 3 aromatic rings. The molecule has 0 N–H and O–H groups in total. The van der Waals surface area contributed by atoms with Crippen LogP contribution in [0, 0.1) is 34.6 Å². The van der Waals surface area contributed by atoms with E-state index in [0.29, 0.717) is 0 Å². The molecule has 0 aliphatic heterocycles. The van der Waals surface area contributed by atoms with Crippen molar-refractivity contribution in [3.05, 3.63) is 61.3 Å². The number of nitriles is 1. The van der Waals surface area contributed by atoms with Gasteiger partial charge in [-0.1, -0.05) is 53.0 Å². The molecular formula is C20H18Cl3N3Pt. The minimum absolute atomic E-state index is 0. The summed E-state index contributed by atoms with van der Waals surface area (Å²) in [4.78, 5) is 4.38. The van der Waals surface area contributed by atoms with Crippen LogP contribution in [0.25, 0.3) is 21.7 Å². The second-order valence-electron chi connectivity index (χ2n) is 5.88. The Balaban J connectivity index is 0. The van der Waals surface area contributed by atoms with Crippen LogP contribution in [0.1, 0.15) is 20.8 Å². The van der Waals surface area contributed by atoms with Crippen LogP contribution in [-0.2, 0) is 21.1 Å². The number of alkyl halides is 3. The van der Waals surface area contributed by atoms with Crippen molar-refractivity contribution in [1.29, 1.82) is 10.5 Å². The second kappa shape index (κ2) is 14.7. The molecule has 7 heteroatoms. The van der Waals surface area contributed by atoms with Crippen molar-refractivity contribution in [3.8, 4) is 6.07 Å². The Labute approximate surface area is 190 Å². The number of benzene rings is 2. The molecule has 3 rings (SSSR count). The zero-order valence-electron chi connectivity index (χ0n) is 15.0. The van der Waals surface area contributed by atoms with E-state index < -0.39 is 4.30 Å². The van der Waals surface area contributed by atoms with Gasteiger partial charge in [-0.3, -0.25) is 0 Å². The molecule has 0 bridgehead atoms. The fourth-order valence-electron chi connectivity index (χ4n) is 1.73. The van der Waals surface area contributed by atoms with E-state index in [1.165, 1.54) is 10.8 Å². The van der Waals surface area contributed by atoms with Crippen molar-refractivity contribution in [2.24, 2.45) is 5.41 Å². The van der Waals surface area contributed by atoms with Crippen LogP contribution in [-0.4, -0.2) is 9.28 Å². The second-order valence-corrected chi connectivity index (χ2v) is 7.86. The van der Waals surface area contributed by atoms with Gasteiger partial charge in [0.1, 0.15) is 0 Å². The first kappa shape index (κ1) is 27.9. The largest absolute Gasteiger partial charge is 2.00 e. The summed E-state index contributed by atoms with van der Waals surface area (Å²) in [7, 11) is 0. The van der Waals surface area contributed by atoms with Crippen molar-refractivity contribution in [2.75, 3.05) is 0 Å². The van der Waals surface area contributed by atoms with Crippen LogP contribution in [0.4, 0.5) is 0 Å². The summed E-state index contributed by atoms with van der Waals surface area (Å²) >= 11 is 14.4. The van der Waals surface area contributed by atoms with Crippen molar-refractivity contribution < 1.29 is 21.1 Å². The zero-order valence-corrected chi connectivity index (χ0v) is 19.5. The summed E-state index contributed by atoms with van der Waals surface area (Å²) in [6, 6.07) is 19.6. The third kappa shape index (κ3) is 11.9. The summed E-state index contributed by atoms with van der Waals surface area (Å²) < 4.78 is -0.750. The summed E-state index contributed by atoms with van der Waals surface area (Å²) in [6.07, 6.45) is 1.82. The number of hydrogen-bond donors (Lipinski definition) is 0. The molecule has 0 aliphatic carbocycles. The summed E-state index contributed by atoms with van der Waals surface area (Å²) in [5, 5.41) is 17.9. The summed E-state index contributed by atoms with van der Waals surface area (Å²) in [5.74, 6) is 0. The van der Waals surface area contributed by atoms with Crippen LogP contribution in [0.2, 0.25) is 0 Å². The fourth-order valence-corrected chi connectivity index (χ4v) is 1.73. The van der Waals surface area contributed by atoms with Gasteiger partial charge in [0.05, 0.1) is 6.07 Å². The Kier molecular flexibility index (Phi) is 15.1. The number of pyridine rings is 1. The average molecular weight is 602 g/mol. The van der Waals surface area contributed by atoms with Crippen LogP contribution in [0.5, 0.6) is 0 Å². The Morgan fingerprint density at radius 3 is 2.04 bits per heavy atom. The Hall–Kier alpha value is -1.35. The van der Waals surface area contributed by atoms with Crippen molar-refractivity contribution in [1.82, 2.24) is 4.98 Å². The minimum Gasteiger partial charge on any atom is -0.512 e. The molecular weight excluding hydrogens is 584 g/mol. The van der Waals surface area contributed by atoms with Crippen LogP contribution in [0.15, 0.2) is 48.7 Å². The van der Waals surface area contributed by atoms with Gasteiger partial charge < -0.3 is 16.8 Å². The molecule has 0 amide bonds. The van der Waals surface area contributed by atoms with Crippen molar-refractivity contribution >= 4 is 56.5 Å². The van der Waals surface area contributed by atoms with Gasteiger partial charge in [0.15, 0.2) is 4.30 Å². The van der Waals surface area contributed by atoms with Gasteiger partial charge in [0.25, 0.3) is 0 Å². The van der Waals surface area contributed by atoms with Gasteiger partial charge in [0, 0.05) is 11.6 Å². The molecule has 0 atom stereocenters. The van der Waals surface area contributed by atoms with E-state index >= 15 is 0 Å². The quantitative estimate of drug-likeness (QED) is 0.161. The predicted octanol–water partition coefficient (Wildman–Crippen LogP) is 6.82. The predicted molar refractivity (Wildman–Crippen MR) is 109 cm³/mol. The van der Waals surface area contributed by atoms with E-state index in [1.54, 1.807) is 0 Å². The third-order valence-electron chi connectivity index (χ3n) is 2.74. The molecule has 2 aromatic carbocycles. The zero-order chi connectivity index (χ0) is 20.2. The molecule has 0 saturated carbocycles. The molecule has 0 unspecified atom stereocenters. The number of nitrogens with zero attached hydrogens (tertiary/aromatic N) is 3. The van der Waals surface area contributed by atoms with Gasteiger partial charge in [-0.2, -0.15) is 5.26 Å². The topological polar surface area (TPSA) is 60.5 Å². The van der Waals surface area contributed by atoms with E-state index in [-0.39, 0.29) is 26.5 Å². The Bertz CT molecular complexity index is 811. The standard InChI is InChI=1S/C13H8N.C5H9N.CHCl3.CN.Pt/c1-2-6-12-10(4-1)7-8-11-5-3-9-14-13(11)12;1-5(2,3)4-6;2-1(3)4;1-2;/h1-5,7-9H;1-3H3;1H;;/q-1;;;-1;+2. The fraction of sp³-hybridized carbons (Fsp3) is 0.250. The minimum atomic E-state index is -0.750. The first-order chi connectivity index (χ1) is 12.2. The number of aromatic nitrogens is 1. The molecule has 0 radical (unpaired) electrons. The maximum Gasteiger partial charge on any atom is 2.00 e. The van der Waals surface area contributed by atoms with Crippen molar-refractivity contribution in [3.63, 3.8) is 0 Å². The first-order valence-corrected chi connectivity index (χ1v) is 8.75. The van der Waals surface area contributed by atoms with Gasteiger partial charge >= 0.3 is 21.1 Å². The number of hydrogen-bond acceptors (Lipinski definition) is 3. The summed E-state index contributed by atoms with van der Waals surface area (Å²) in [6.45, 7) is 10.4. The van der Waals surface area contributed by atoms with E-state index in [1.807, 2.05) is 45.2 Å². The molecule has 0 spiro atoms. The molecule has 1 heterocycles. The van der Waals surface area contributed by atoms with Gasteiger partial charge in [-0.05, 0) is 37.7 Å². The maximum absolute atomic E-state index is 8.15. The van der Waals surface area contributed by atoms with Gasteiger partial charge in [-0.25, -0.2) is 0 Å². The molecule has 0 saturated heterocycles. The Morgan fingerprint density at radius 1 is 1.04 bits per heavy atom. The molecule has 144 valence electrons. The summed E-state index contributed by atoms with van der Waals surface area (Å²) in [5.41, 5.74) is 0.880. The third-order valence-corrected chi connectivity index (χ3v) is 2.74. The van der Waals surface area contributed by atoms with Gasteiger partial charge in [-0.15, -0.1) is 35.0 Å². The molecule has 27 heavy (non-hydrogen) atoms. The van der Waals surface area contributed by atoms with E-state index in [9.17, 15) is 0 Å². The van der Waals surface area contributed by atoms with E-state index in [0.717, 1.165) is 10.9 Å². The molecule has 0 fully saturated rings. The normalized spacial score (nSPS) is 9.33.